The molecule has 188 valence electrons. The Morgan fingerprint density at radius 1 is 0.323 bits per heavy atom. The fraction of sp³-hybridized carbons (Fsp3) is 1.00. The van der Waals surface area contributed by atoms with Gasteiger partial charge in [-0.25, -0.2) is 0 Å². The van der Waals surface area contributed by atoms with E-state index in [0.29, 0.717) is 26.4 Å². The SMILES string of the molecule is CCCCCCCCO[Si](OCCCCC)(OCCCCC)OCCCCCCCC. The van der Waals surface area contributed by atoms with Crippen LogP contribution in [-0.4, -0.2) is 35.5 Å². The first-order chi connectivity index (χ1) is 15.2. The smallest absolute Gasteiger partial charge is 0.351 e. The minimum Gasteiger partial charge on any atom is -0.351 e. The Labute approximate surface area is 196 Å². The number of hydrogen-bond acceptors (Lipinski definition) is 4. The van der Waals surface area contributed by atoms with E-state index in [9.17, 15) is 0 Å². The van der Waals surface area contributed by atoms with Crippen LogP contribution in [0.4, 0.5) is 0 Å². The zero-order valence-corrected chi connectivity index (χ0v) is 22.7. The summed E-state index contributed by atoms with van der Waals surface area (Å²) in [5.74, 6) is 0. The average Bonchev–Trinajstić information content (AvgIpc) is 2.78. The lowest BCUT2D eigenvalue weighted by Gasteiger charge is -2.28. The molecule has 0 radical (unpaired) electrons. The molecule has 0 aromatic rings. The van der Waals surface area contributed by atoms with E-state index < -0.39 is 9.05 Å². The number of rotatable bonds is 26. The molecule has 0 rings (SSSR count). The van der Waals surface area contributed by atoms with Crippen LogP contribution in [0, 0.1) is 0 Å². The van der Waals surface area contributed by atoms with Gasteiger partial charge in [-0.3, -0.25) is 0 Å². The van der Waals surface area contributed by atoms with E-state index in [4.69, 9.17) is 17.7 Å². The predicted octanol–water partition coefficient (Wildman–Crippen LogP) is 8.59. The first-order valence-corrected chi connectivity index (χ1v) is 15.4. The summed E-state index contributed by atoms with van der Waals surface area (Å²) < 4.78 is 25.2. The van der Waals surface area contributed by atoms with Crippen molar-refractivity contribution < 1.29 is 17.7 Å². The third-order valence-corrected chi connectivity index (χ3v) is 7.84. The third kappa shape index (κ3) is 20.4. The highest BCUT2D eigenvalue weighted by Gasteiger charge is 2.45. The predicted molar refractivity (Wildman–Crippen MR) is 135 cm³/mol. The molecule has 0 amide bonds. The van der Waals surface area contributed by atoms with Gasteiger partial charge < -0.3 is 17.7 Å². The van der Waals surface area contributed by atoms with E-state index in [0.717, 1.165) is 25.7 Å². The summed E-state index contributed by atoms with van der Waals surface area (Å²) in [6, 6.07) is 0. The minimum absolute atomic E-state index is 0.681. The van der Waals surface area contributed by atoms with Gasteiger partial charge >= 0.3 is 9.05 Å². The van der Waals surface area contributed by atoms with Crippen LogP contribution in [0.3, 0.4) is 0 Å². The van der Waals surface area contributed by atoms with Crippen molar-refractivity contribution >= 4 is 9.05 Å². The van der Waals surface area contributed by atoms with E-state index in [1.165, 1.54) is 89.9 Å². The van der Waals surface area contributed by atoms with Gasteiger partial charge in [0.15, 0.2) is 0 Å². The van der Waals surface area contributed by atoms with Gasteiger partial charge in [-0.1, -0.05) is 118 Å². The lowest BCUT2D eigenvalue weighted by Crippen LogP contribution is -2.50. The lowest BCUT2D eigenvalue weighted by atomic mass is 10.1. The molecule has 0 saturated heterocycles. The van der Waals surface area contributed by atoms with Crippen LogP contribution < -0.4 is 0 Å². The summed E-state index contributed by atoms with van der Waals surface area (Å²) in [6.07, 6.45) is 21.9. The molecule has 31 heavy (non-hydrogen) atoms. The Morgan fingerprint density at radius 3 is 0.871 bits per heavy atom. The highest BCUT2D eigenvalue weighted by Crippen LogP contribution is 2.17. The molecule has 0 unspecified atom stereocenters. The molecule has 4 nitrogen and oxygen atoms in total. The van der Waals surface area contributed by atoms with Gasteiger partial charge in [-0.15, -0.1) is 0 Å². The van der Waals surface area contributed by atoms with Crippen molar-refractivity contribution in [1.29, 1.82) is 0 Å². The van der Waals surface area contributed by atoms with E-state index in [1.54, 1.807) is 0 Å². The van der Waals surface area contributed by atoms with E-state index in [2.05, 4.69) is 27.7 Å². The van der Waals surface area contributed by atoms with Crippen LogP contribution in [0.1, 0.15) is 143 Å². The first kappa shape index (κ1) is 31.1. The maximum Gasteiger partial charge on any atom is 0.679 e. The molecule has 0 saturated carbocycles. The van der Waals surface area contributed by atoms with Crippen molar-refractivity contribution in [2.75, 3.05) is 26.4 Å². The van der Waals surface area contributed by atoms with Crippen molar-refractivity contribution in [3.8, 4) is 0 Å². The molecular weight excluding hydrogens is 404 g/mol. The summed E-state index contributed by atoms with van der Waals surface area (Å²) in [4.78, 5) is 0. The first-order valence-electron chi connectivity index (χ1n) is 13.8. The molecule has 0 aliphatic heterocycles. The summed E-state index contributed by atoms with van der Waals surface area (Å²) in [5, 5.41) is 0. The zero-order chi connectivity index (χ0) is 22.9. The standard InChI is InChI=1S/C26H56O4Si/c1-5-9-13-15-17-21-25-29-31(27-23-19-11-7-3,28-24-20-12-8-4)30-26-22-18-16-14-10-6-2/h5-26H2,1-4H3. The summed E-state index contributed by atoms with van der Waals surface area (Å²) in [7, 11) is -3.05. The van der Waals surface area contributed by atoms with E-state index >= 15 is 0 Å². The van der Waals surface area contributed by atoms with Gasteiger partial charge in [0.1, 0.15) is 0 Å². The Balaban J connectivity index is 4.61. The van der Waals surface area contributed by atoms with Gasteiger partial charge in [-0.2, -0.15) is 0 Å². The third-order valence-electron chi connectivity index (χ3n) is 5.61. The van der Waals surface area contributed by atoms with Gasteiger partial charge in [0.25, 0.3) is 0 Å². The lowest BCUT2D eigenvalue weighted by molar-refractivity contribution is -0.0374. The van der Waals surface area contributed by atoms with Gasteiger partial charge in [0, 0.05) is 26.4 Å². The average molecular weight is 461 g/mol. The van der Waals surface area contributed by atoms with Crippen LogP contribution in [0.25, 0.3) is 0 Å². The fourth-order valence-corrected chi connectivity index (χ4v) is 5.58. The molecular formula is C26H56O4Si. The number of hydrogen-bond donors (Lipinski definition) is 0. The van der Waals surface area contributed by atoms with Crippen molar-refractivity contribution in [1.82, 2.24) is 0 Å². The van der Waals surface area contributed by atoms with Crippen LogP contribution >= 0.6 is 0 Å². The van der Waals surface area contributed by atoms with Crippen LogP contribution in [-0.2, 0) is 17.7 Å². The van der Waals surface area contributed by atoms with Crippen molar-refractivity contribution in [2.45, 2.75) is 143 Å². The summed E-state index contributed by atoms with van der Waals surface area (Å²) in [6.45, 7) is 11.7. The molecule has 0 aromatic heterocycles. The molecule has 5 heteroatoms. The van der Waals surface area contributed by atoms with Gasteiger partial charge in [0.05, 0.1) is 0 Å². The minimum atomic E-state index is -3.05. The molecule has 0 heterocycles. The summed E-state index contributed by atoms with van der Waals surface area (Å²) >= 11 is 0. The van der Waals surface area contributed by atoms with Gasteiger partial charge in [0.2, 0.25) is 0 Å². The highest BCUT2D eigenvalue weighted by atomic mass is 28.4. The molecule has 0 fully saturated rings. The molecule has 0 aromatic carbocycles. The maximum atomic E-state index is 6.31. The molecule has 0 N–H and O–H groups in total. The maximum absolute atomic E-state index is 6.31. The number of unbranched alkanes of at least 4 members (excludes halogenated alkanes) is 14. The molecule has 0 bridgehead atoms. The van der Waals surface area contributed by atoms with E-state index in [1.807, 2.05) is 0 Å². The Hall–Kier alpha value is 0.0569. The van der Waals surface area contributed by atoms with E-state index in [-0.39, 0.29) is 0 Å². The van der Waals surface area contributed by atoms with Crippen molar-refractivity contribution in [3.63, 3.8) is 0 Å². The topological polar surface area (TPSA) is 36.9 Å². The Kier molecular flexibility index (Phi) is 24.7. The fourth-order valence-electron chi connectivity index (χ4n) is 3.51. The highest BCUT2D eigenvalue weighted by molar-refractivity contribution is 6.53. The zero-order valence-electron chi connectivity index (χ0n) is 21.7. The largest absolute Gasteiger partial charge is 0.679 e. The van der Waals surface area contributed by atoms with Crippen LogP contribution in [0.2, 0.25) is 0 Å². The van der Waals surface area contributed by atoms with Crippen LogP contribution in [0.5, 0.6) is 0 Å². The monoisotopic (exact) mass is 460 g/mol. The Morgan fingerprint density at radius 2 is 0.548 bits per heavy atom. The quantitative estimate of drug-likeness (QED) is 0.0956. The second kappa shape index (κ2) is 24.7. The summed E-state index contributed by atoms with van der Waals surface area (Å²) in [5.41, 5.74) is 0. The molecule has 0 aliphatic carbocycles. The normalized spacial score (nSPS) is 12.0. The van der Waals surface area contributed by atoms with Gasteiger partial charge in [-0.05, 0) is 25.7 Å². The van der Waals surface area contributed by atoms with Crippen LogP contribution in [0.15, 0.2) is 0 Å². The van der Waals surface area contributed by atoms with Crippen molar-refractivity contribution in [3.05, 3.63) is 0 Å². The molecule has 0 atom stereocenters. The Bertz CT molecular complexity index is 309. The second-order valence-corrected chi connectivity index (χ2v) is 11.0. The molecule has 0 spiro atoms. The van der Waals surface area contributed by atoms with Crippen molar-refractivity contribution in [2.24, 2.45) is 0 Å². The molecule has 0 aliphatic rings. The second-order valence-electron chi connectivity index (χ2n) is 8.84.